The van der Waals surface area contributed by atoms with Gasteiger partial charge in [0.2, 0.25) is 0 Å². The van der Waals surface area contributed by atoms with Gasteiger partial charge in [0.1, 0.15) is 23.5 Å². The van der Waals surface area contributed by atoms with Gasteiger partial charge in [0.25, 0.3) is 0 Å². The first-order valence-corrected chi connectivity index (χ1v) is 3.78. The minimum absolute atomic E-state index is 0.0609. The number of allylic oxidation sites excluding steroid dienone is 1. The van der Waals surface area contributed by atoms with E-state index in [4.69, 9.17) is 10.5 Å². The minimum Gasteiger partial charge on any atom is -0.360 e. The summed E-state index contributed by atoms with van der Waals surface area (Å²) in [7, 11) is 0. The van der Waals surface area contributed by atoms with Crippen molar-refractivity contribution < 1.29 is 4.39 Å². The summed E-state index contributed by atoms with van der Waals surface area (Å²) in [5.41, 5.74) is 0.433. The Morgan fingerprint density at radius 3 is 2.64 bits per heavy atom. The molecule has 1 rings (SSSR count). The highest BCUT2D eigenvalue weighted by Gasteiger charge is 1.93. The summed E-state index contributed by atoms with van der Waals surface area (Å²) in [4.78, 5) is 0. The van der Waals surface area contributed by atoms with E-state index in [-0.39, 0.29) is 11.4 Å². The summed E-state index contributed by atoms with van der Waals surface area (Å²) >= 11 is 0. The molecule has 0 aliphatic heterocycles. The van der Waals surface area contributed by atoms with E-state index in [1.165, 1.54) is 24.4 Å². The number of anilines is 1. The Balaban J connectivity index is 2.77. The Morgan fingerprint density at radius 1 is 1.36 bits per heavy atom. The number of rotatable bonds is 2. The van der Waals surface area contributed by atoms with Crippen LogP contribution in [0.15, 0.2) is 36.0 Å². The predicted octanol–water partition coefficient (Wildman–Crippen LogP) is 2.17. The largest absolute Gasteiger partial charge is 0.360 e. The number of nitrogens with zero attached hydrogens (tertiary/aromatic N) is 2. The SMILES string of the molecule is N#CC(C#N)=CNc1cccc(F)c1. The molecule has 1 aromatic carbocycles. The summed E-state index contributed by atoms with van der Waals surface area (Å²) in [6.07, 6.45) is 1.23. The second-order valence-corrected chi connectivity index (χ2v) is 2.44. The van der Waals surface area contributed by atoms with Crippen LogP contribution in [0.2, 0.25) is 0 Å². The average molecular weight is 187 g/mol. The van der Waals surface area contributed by atoms with Crippen LogP contribution in [0.25, 0.3) is 0 Å². The quantitative estimate of drug-likeness (QED) is 0.722. The fourth-order valence-electron chi connectivity index (χ4n) is 0.823. The van der Waals surface area contributed by atoms with E-state index in [1.54, 1.807) is 18.2 Å². The number of halogens is 1. The number of hydrogen-bond donors (Lipinski definition) is 1. The molecule has 14 heavy (non-hydrogen) atoms. The van der Waals surface area contributed by atoms with Crippen LogP contribution in [0.1, 0.15) is 0 Å². The van der Waals surface area contributed by atoms with Crippen molar-refractivity contribution in [3.8, 4) is 12.1 Å². The van der Waals surface area contributed by atoms with Crippen LogP contribution in [-0.2, 0) is 0 Å². The van der Waals surface area contributed by atoms with Gasteiger partial charge in [-0.1, -0.05) is 6.07 Å². The maximum Gasteiger partial charge on any atom is 0.145 e. The Labute approximate surface area is 80.7 Å². The van der Waals surface area contributed by atoms with Crippen molar-refractivity contribution in [3.05, 3.63) is 41.9 Å². The second-order valence-electron chi connectivity index (χ2n) is 2.44. The maximum atomic E-state index is 12.7. The van der Waals surface area contributed by atoms with E-state index in [0.717, 1.165) is 0 Å². The molecule has 1 aromatic rings. The van der Waals surface area contributed by atoms with Crippen molar-refractivity contribution in [1.29, 1.82) is 10.5 Å². The first-order chi connectivity index (χ1) is 6.76. The van der Waals surface area contributed by atoms with Gasteiger partial charge in [-0.25, -0.2) is 4.39 Å². The third kappa shape index (κ3) is 2.62. The van der Waals surface area contributed by atoms with Crippen LogP contribution < -0.4 is 5.32 Å². The molecule has 0 bridgehead atoms. The molecule has 0 aliphatic rings. The lowest BCUT2D eigenvalue weighted by Crippen LogP contribution is -1.89. The molecule has 0 unspecified atom stereocenters. The molecule has 0 aliphatic carbocycles. The van der Waals surface area contributed by atoms with Gasteiger partial charge in [-0.15, -0.1) is 0 Å². The molecule has 0 atom stereocenters. The number of hydrogen-bond acceptors (Lipinski definition) is 3. The van der Waals surface area contributed by atoms with Crippen LogP contribution >= 0.6 is 0 Å². The highest BCUT2D eigenvalue weighted by molar-refractivity contribution is 5.49. The van der Waals surface area contributed by atoms with Crippen molar-refractivity contribution in [2.24, 2.45) is 0 Å². The van der Waals surface area contributed by atoms with E-state index in [0.29, 0.717) is 5.69 Å². The zero-order valence-corrected chi connectivity index (χ0v) is 7.16. The molecule has 3 nitrogen and oxygen atoms in total. The van der Waals surface area contributed by atoms with E-state index in [2.05, 4.69) is 5.32 Å². The predicted molar refractivity (Wildman–Crippen MR) is 49.3 cm³/mol. The third-order valence-electron chi connectivity index (χ3n) is 1.45. The molecular weight excluding hydrogens is 181 g/mol. The van der Waals surface area contributed by atoms with Gasteiger partial charge in [0.05, 0.1) is 0 Å². The lowest BCUT2D eigenvalue weighted by molar-refractivity contribution is 0.628. The van der Waals surface area contributed by atoms with Crippen molar-refractivity contribution >= 4 is 5.69 Å². The van der Waals surface area contributed by atoms with Crippen molar-refractivity contribution in [1.82, 2.24) is 0 Å². The molecule has 0 amide bonds. The Morgan fingerprint density at radius 2 is 2.07 bits per heavy atom. The van der Waals surface area contributed by atoms with Gasteiger partial charge >= 0.3 is 0 Å². The number of nitrogens with one attached hydrogen (secondary N) is 1. The van der Waals surface area contributed by atoms with Crippen molar-refractivity contribution in [2.45, 2.75) is 0 Å². The molecule has 0 fully saturated rings. The number of nitriles is 2. The van der Waals surface area contributed by atoms with E-state index in [9.17, 15) is 4.39 Å². The zero-order chi connectivity index (χ0) is 10.4. The van der Waals surface area contributed by atoms with Crippen LogP contribution in [-0.4, -0.2) is 0 Å². The maximum absolute atomic E-state index is 12.7. The standard InChI is InChI=1S/C10H6FN3/c11-9-2-1-3-10(4-9)14-7-8(5-12)6-13/h1-4,7,14H. The first kappa shape index (κ1) is 9.76. The van der Waals surface area contributed by atoms with Gasteiger partial charge in [-0.3, -0.25) is 0 Å². The zero-order valence-electron chi connectivity index (χ0n) is 7.16. The van der Waals surface area contributed by atoms with E-state index in [1.807, 2.05) is 0 Å². The Hall–Kier alpha value is -2.33. The molecule has 0 aromatic heterocycles. The minimum atomic E-state index is -0.376. The number of benzene rings is 1. The third-order valence-corrected chi connectivity index (χ3v) is 1.45. The lowest BCUT2D eigenvalue weighted by Gasteiger charge is -1.98. The smallest absolute Gasteiger partial charge is 0.145 e. The molecule has 0 spiro atoms. The van der Waals surface area contributed by atoms with Gasteiger partial charge in [0, 0.05) is 11.9 Å². The van der Waals surface area contributed by atoms with Crippen LogP contribution in [0.3, 0.4) is 0 Å². The lowest BCUT2D eigenvalue weighted by atomic mass is 10.3. The monoisotopic (exact) mass is 187 g/mol. The van der Waals surface area contributed by atoms with Crippen LogP contribution in [0.4, 0.5) is 10.1 Å². The summed E-state index contributed by atoms with van der Waals surface area (Å²) in [5.74, 6) is -0.376. The van der Waals surface area contributed by atoms with Crippen molar-refractivity contribution in [2.75, 3.05) is 5.32 Å². The van der Waals surface area contributed by atoms with Crippen LogP contribution in [0, 0.1) is 28.5 Å². The highest BCUT2D eigenvalue weighted by atomic mass is 19.1. The normalized spacial score (nSPS) is 8.21. The van der Waals surface area contributed by atoms with Gasteiger partial charge in [-0.05, 0) is 18.2 Å². The molecule has 0 radical (unpaired) electrons. The Kier molecular flexibility index (Phi) is 3.23. The summed E-state index contributed by atoms with van der Waals surface area (Å²) in [5, 5.41) is 19.4. The summed E-state index contributed by atoms with van der Waals surface area (Å²) in [6.45, 7) is 0. The first-order valence-electron chi connectivity index (χ1n) is 3.78. The molecule has 1 N–H and O–H groups in total. The topological polar surface area (TPSA) is 59.6 Å². The molecule has 0 heterocycles. The molecular formula is C10H6FN3. The van der Waals surface area contributed by atoms with Gasteiger partial charge < -0.3 is 5.32 Å². The molecule has 0 saturated carbocycles. The van der Waals surface area contributed by atoms with Gasteiger partial charge in [0.15, 0.2) is 0 Å². The van der Waals surface area contributed by atoms with Gasteiger partial charge in [-0.2, -0.15) is 10.5 Å². The molecule has 68 valence electrons. The van der Waals surface area contributed by atoms with Crippen LogP contribution in [0.5, 0.6) is 0 Å². The molecule has 4 heteroatoms. The summed E-state index contributed by atoms with van der Waals surface area (Å²) < 4.78 is 12.7. The van der Waals surface area contributed by atoms with Crippen molar-refractivity contribution in [3.63, 3.8) is 0 Å². The Bertz CT molecular complexity index is 421. The summed E-state index contributed by atoms with van der Waals surface area (Å²) in [6, 6.07) is 9.10. The second kappa shape index (κ2) is 4.64. The average Bonchev–Trinajstić information content (AvgIpc) is 2.19. The van der Waals surface area contributed by atoms with E-state index >= 15 is 0 Å². The molecule has 0 saturated heterocycles. The van der Waals surface area contributed by atoms with E-state index < -0.39 is 0 Å². The highest BCUT2D eigenvalue weighted by Crippen LogP contribution is 2.09. The fourth-order valence-corrected chi connectivity index (χ4v) is 0.823. The fraction of sp³-hybridized carbons (Fsp3) is 0.